The summed E-state index contributed by atoms with van der Waals surface area (Å²) in [7, 11) is 0. The van der Waals surface area contributed by atoms with E-state index in [2.05, 4.69) is 45.1 Å². The summed E-state index contributed by atoms with van der Waals surface area (Å²) >= 11 is 0. The maximum absolute atomic E-state index is 12.9. The molecule has 6 nitrogen and oxygen atoms in total. The zero-order valence-corrected chi connectivity index (χ0v) is 45.9. The summed E-state index contributed by atoms with van der Waals surface area (Å²) in [6.07, 6.45) is 67.4. The van der Waals surface area contributed by atoms with E-state index in [-0.39, 0.29) is 31.1 Å². The topological polar surface area (TPSA) is 78.9 Å². The van der Waals surface area contributed by atoms with Gasteiger partial charge in [0.1, 0.15) is 13.2 Å². The van der Waals surface area contributed by atoms with Crippen molar-refractivity contribution in [2.24, 2.45) is 0 Å². The standard InChI is InChI=1S/C62H116O6/c1-4-7-10-13-16-19-22-25-28-30-32-34-37-40-43-46-49-52-55-61(64)67-58-59(57-66-60(63)54-51-48-45-42-39-36-33-27-24-21-18-15-12-9-6-3)68-62(65)56-53-50-47-44-41-38-35-31-29-26-23-20-17-14-11-8-5-2/h19,22,28,30,59H,4-18,20-21,23-27,29,31-58H2,1-3H3/b22-19-,30-28-. The molecule has 0 aliphatic heterocycles. The number of ether oxygens (including phenoxy) is 3. The van der Waals surface area contributed by atoms with Crippen LogP contribution in [-0.2, 0) is 28.6 Å². The predicted molar refractivity (Wildman–Crippen MR) is 293 cm³/mol. The van der Waals surface area contributed by atoms with Crippen molar-refractivity contribution >= 4 is 17.9 Å². The van der Waals surface area contributed by atoms with Gasteiger partial charge in [0.25, 0.3) is 0 Å². The molecule has 68 heavy (non-hydrogen) atoms. The normalized spacial score (nSPS) is 12.1. The number of hydrogen-bond acceptors (Lipinski definition) is 6. The third-order valence-electron chi connectivity index (χ3n) is 13.7. The average molecular weight is 958 g/mol. The molecule has 400 valence electrons. The Morgan fingerprint density at radius 3 is 0.824 bits per heavy atom. The van der Waals surface area contributed by atoms with Crippen molar-refractivity contribution in [3.8, 4) is 0 Å². The molecule has 0 rings (SSSR count). The van der Waals surface area contributed by atoms with Crippen LogP contribution in [0.25, 0.3) is 0 Å². The van der Waals surface area contributed by atoms with Gasteiger partial charge in [0, 0.05) is 19.3 Å². The summed E-state index contributed by atoms with van der Waals surface area (Å²) in [5.74, 6) is -0.850. The van der Waals surface area contributed by atoms with E-state index in [0.29, 0.717) is 19.3 Å². The second-order valence-corrected chi connectivity index (χ2v) is 20.6. The third-order valence-corrected chi connectivity index (χ3v) is 13.7. The van der Waals surface area contributed by atoms with Gasteiger partial charge in [0.05, 0.1) is 0 Å². The molecule has 0 spiro atoms. The smallest absolute Gasteiger partial charge is 0.306 e. The van der Waals surface area contributed by atoms with Gasteiger partial charge in [-0.2, -0.15) is 0 Å². The number of unbranched alkanes of at least 4 members (excludes halogenated alkanes) is 41. The molecule has 6 heteroatoms. The monoisotopic (exact) mass is 957 g/mol. The van der Waals surface area contributed by atoms with Crippen molar-refractivity contribution in [2.75, 3.05) is 13.2 Å². The molecule has 0 heterocycles. The minimum Gasteiger partial charge on any atom is -0.462 e. The molecule has 0 radical (unpaired) electrons. The lowest BCUT2D eigenvalue weighted by Gasteiger charge is -2.18. The first-order valence-corrected chi connectivity index (χ1v) is 30.3. The summed E-state index contributed by atoms with van der Waals surface area (Å²) in [4.78, 5) is 38.2. The third kappa shape index (κ3) is 54.8. The number of allylic oxidation sites excluding steroid dienone is 4. The van der Waals surface area contributed by atoms with Gasteiger partial charge in [-0.1, -0.05) is 289 Å². The van der Waals surface area contributed by atoms with E-state index in [1.807, 2.05) is 0 Å². The fraction of sp³-hybridized carbons (Fsp3) is 0.887. The Labute approximate surface area is 423 Å². The van der Waals surface area contributed by atoms with Gasteiger partial charge in [-0.3, -0.25) is 14.4 Å². The van der Waals surface area contributed by atoms with E-state index in [9.17, 15) is 14.4 Å². The summed E-state index contributed by atoms with van der Waals surface area (Å²) in [6.45, 7) is 6.68. The SMILES string of the molecule is CCCCCC/C=C\C/C=C\CCCCCCCCCC(=O)OCC(COC(=O)CCCCCCCCCCCCCCCCC)OC(=O)CCCCCCCCCCCCCCCCCCC. The van der Waals surface area contributed by atoms with Gasteiger partial charge in [-0.15, -0.1) is 0 Å². The molecule has 0 fully saturated rings. The van der Waals surface area contributed by atoms with E-state index in [1.165, 1.54) is 225 Å². The van der Waals surface area contributed by atoms with E-state index in [1.54, 1.807) is 0 Å². The first kappa shape index (κ1) is 65.9. The summed E-state index contributed by atoms with van der Waals surface area (Å²) in [5, 5.41) is 0. The lowest BCUT2D eigenvalue weighted by molar-refractivity contribution is -0.167. The van der Waals surface area contributed by atoms with Crippen molar-refractivity contribution in [2.45, 2.75) is 341 Å². The van der Waals surface area contributed by atoms with Crippen LogP contribution in [0.3, 0.4) is 0 Å². The molecule has 1 unspecified atom stereocenters. The Bertz CT molecular complexity index is 1100. The average Bonchev–Trinajstić information content (AvgIpc) is 3.34. The van der Waals surface area contributed by atoms with Crippen molar-refractivity contribution in [1.82, 2.24) is 0 Å². The first-order chi connectivity index (χ1) is 33.5. The van der Waals surface area contributed by atoms with Crippen LogP contribution in [-0.4, -0.2) is 37.2 Å². The highest BCUT2D eigenvalue weighted by atomic mass is 16.6. The molecule has 0 amide bonds. The van der Waals surface area contributed by atoms with Crippen LogP contribution in [0, 0.1) is 0 Å². The molecule has 0 saturated heterocycles. The van der Waals surface area contributed by atoms with Gasteiger partial charge in [-0.25, -0.2) is 0 Å². The van der Waals surface area contributed by atoms with Crippen molar-refractivity contribution < 1.29 is 28.6 Å². The predicted octanol–water partition coefficient (Wildman–Crippen LogP) is 20.3. The first-order valence-electron chi connectivity index (χ1n) is 30.3. The van der Waals surface area contributed by atoms with Crippen LogP contribution < -0.4 is 0 Å². The maximum Gasteiger partial charge on any atom is 0.306 e. The second-order valence-electron chi connectivity index (χ2n) is 20.6. The van der Waals surface area contributed by atoms with Crippen LogP contribution in [0.4, 0.5) is 0 Å². The number of esters is 3. The van der Waals surface area contributed by atoms with E-state index < -0.39 is 6.10 Å². The van der Waals surface area contributed by atoms with E-state index >= 15 is 0 Å². The highest BCUT2D eigenvalue weighted by molar-refractivity contribution is 5.71. The van der Waals surface area contributed by atoms with Crippen LogP contribution in [0.15, 0.2) is 24.3 Å². The highest BCUT2D eigenvalue weighted by Gasteiger charge is 2.19. The Balaban J connectivity index is 4.33. The number of carbonyl (C=O) groups excluding carboxylic acids is 3. The van der Waals surface area contributed by atoms with Crippen LogP contribution in [0.1, 0.15) is 335 Å². The molecule has 0 saturated carbocycles. The largest absolute Gasteiger partial charge is 0.462 e. The van der Waals surface area contributed by atoms with Crippen molar-refractivity contribution in [1.29, 1.82) is 0 Å². The zero-order valence-electron chi connectivity index (χ0n) is 45.9. The molecule has 0 aliphatic rings. The van der Waals surface area contributed by atoms with E-state index in [4.69, 9.17) is 14.2 Å². The second kappa shape index (κ2) is 57.5. The molecule has 0 aromatic rings. The minimum absolute atomic E-state index is 0.0678. The quantitative estimate of drug-likeness (QED) is 0.0262. The molecular weight excluding hydrogens is 841 g/mol. The van der Waals surface area contributed by atoms with Crippen LogP contribution in [0.2, 0.25) is 0 Å². The van der Waals surface area contributed by atoms with E-state index in [0.717, 1.165) is 70.6 Å². The lowest BCUT2D eigenvalue weighted by Crippen LogP contribution is -2.30. The molecule has 0 N–H and O–H groups in total. The Hall–Kier alpha value is -2.11. The summed E-state index contributed by atoms with van der Waals surface area (Å²) < 4.78 is 16.9. The van der Waals surface area contributed by atoms with Gasteiger partial charge in [0.2, 0.25) is 0 Å². The maximum atomic E-state index is 12.9. The van der Waals surface area contributed by atoms with Gasteiger partial charge >= 0.3 is 17.9 Å². The Kier molecular flexibility index (Phi) is 55.7. The van der Waals surface area contributed by atoms with Crippen molar-refractivity contribution in [3.63, 3.8) is 0 Å². The van der Waals surface area contributed by atoms with Crippen LogP contribution in [0.5, 0.6) is 0 Å². The molecule has 0 aromatic heterocycles. The highest BCUT2D eigenvalue weighted by Crippen LogP contribution is 2.17. The summed E-state index contributed by atoms with van der Waals surface area (Å²) in [5.41, 5.74) is 0. The molecular formula is C62H116O6. The van der Waals surface area contributed by atoms with Crippen molar-refractivity contribution in [3.05, 3.63) is 24.3 Å². The lowest BCUT2D eigenvalue weighted by atomic mass is 10.0. The van der Waals surface area contributed by atoms with Gasteiger partial charge in [-0.05, 0) is 51.4 Å². The van der Waals surface area contributed by atoms with Gasteiger partial charge in [0.15, 0.2) is 6.10 Å². The number of hydrogen-bond donors (Lipinski definition) is 0. The van der Waals surface area contributed by atoms with Gasteiger partial charge < -0.3 is 14.2 Å². The Morgan fingerprint density at radius 2 is 0.529 bits per heavy atom. The fourth-order valence-corrected chi connectivity index (χ4v) is 9.12. The number of rotatable bonds is 56. The number of carbonyl (C=O) groups is 3. The molecule has 1 atom stereocenters. The van der Waals surface area contributed by atoms with Crippen LogP contribution >= 0.6 is 0 Å². The molecule has 0 aromatic carbocycles. The molecule has 0 bridgehead atoms. The fourth-order valence-electron chi connectivity index (χ4n) is 9.12. The zero-order chi connectivity index (χ0) is 49.3. The molecule has 0 aliphatic carbocycles. The Morgan fingerprint density at radius 1 is 0.294 bits per heavy atom. The summed E-state index contributed by atoms with van der Waals surface area (Å²) in [6, 6.07) is 0. The minimum atomic E-state index is -0.770.